The van der Waals surface area contributed by atoms with Crippen molar-refractivity contribution in [2.24, 2.45) is 11.7 Å². The molecule has 1 rings (SSSR count). The lowest BCUT2D eigenvalue weighted by Crippen LogP contribution is -2.52. The van der Waals surface area contributed by atoms with Gasteiger partial charge in [-0.25, -0.2) is 4.79 Å². The summed E-state index contributed by atoms with van der Waals surface area (Å²) in [6.45, 7) is 7.80. The zero-order chi connectivity index (χ0) is 12.3. The number of hydrogen-bond donors (Lipinski definition) is 2. The Balaban J connectivity index is 2.93. The molecule has 16 heavy (non-hydrogen) atoms. The van der Waals surface area contributed by atoms with E-state index < -0.39 is 11.5 Å². The van der Waals surface area contributed by atoms with Gasteiger partial charge >= 0.3 is 5.97 Å². The van der Waals surface area contributed by atoms with Crippen LogP contribution in [0.3, 0.4) is 0 Å². The van der Waals surface area contributed by atoms with Crippen LogP contribution in [0.1, 0.15) is 20.8 Å². The van der Waals surface area contributed by atoms with Gasteiger partial charge in [0.25, 0.3) is 0 Å². The molecule has 2 unspecified atom stereocenters. The summed E-state index contributed by atoms with van der Waals surface area (Å²) in [6, 6.07) is 0. The zero-order valence-corrected chi connectivity index (χ0v) is 10.1. The number of carboxylic acid groups (broad SMARTS) is 1. The number of hydrogen-bond acceptors (Lipinski definition) is 3. The van der Waals surface area contributed by atoms with Crippen LogP contribution in [-0.2, 0) is 4.79 Å². The molecule has 0 spiro atoms. The van der Waals surface area contributed by atoms with E-state index in [9.17, 15) is 4.79 Å². The molecule has 0 saturated carbocycles. The molecule has 0 saturated heterocycles. The zero-order valence-electron chi connectivity index (χ0n) is 10.1. The minimum absolute atomic E-state index is 0.203. The Hall–Kier alpha value is -1.29. The Kier molecular flexibility index (Phi) is 3.75. The lowest BCUT2D eigenvalue weighted by molar-refractivity contribution is -0.142. The highest BCUT2D eigenvalue weighted by molar-refractivity contribution is 5.82. The van der Waals surface area contributed by atoms with Gasteiger partial charge in [0.15, 0.2) is 0 Å². The Morgan fingerprint density at radius 3 is 2.50 bits per heavy atom. The maximum atomic E-state index is 11.1. The quantitative estimate of drug-likeness (QED) is 0.753. The molecule has 90 valence electrons. The first-order valence-electron chi connectivity index (χ1n) is 5.64. The van der Waals surface area contributed by atoms with Crippen molar-refractivity contribution in [3.8, 4) is 0 Å². The van der Waals surface area contributed by atoms with Crippen LogP contribution in [0.2, 0.25) is 0 Å². The van der Waals surface area contributed by atoms with Gasteiger partial charge in [0.05, 0.1) is 0 Å². The van der Waals surface area contributed by atoms with Crippen molar-refractivity contribution < 1.29 is 9.90 Å². The predicted molar refractivity (Wildman–Crippen MR) is 63.9 cm³/mol. The van der Waals surface area contributed by atoms with Gasteiger partial charge in [0.2, 0.25) is 0 Å². The second-order valence-corrected chi connectivity index (χ2v) is 4.12. The normalized spacial score (nSPS) is 28.8. The number of nitrogens with two attached hydrogens (primary N) is 1. The third-order valence-corrected chi connectivity index (χ3v) is 3.20. The molecular formula is C12H20N2O2. The number of carboxylic acids is 1. The predicted octanol–water partition coefficient (Wildman–Crippen LogP) is 1.20. The number of nitrogens with zero attached hydrogens (tertiary/aromatic N) is 1. The second kappa shape index (κ2) is 4.70. The van der Waals surface area contributed by atoms with Gasteiger partial charge in [0.1, 0.15) is 5.54 Å². The Morgan fingerprint density at radius 1 is 1.56 bits per heavy atom. The van der Waals surface area contributed by atoms with E-state index in [4.69, 9.17) is 10.8 Å². The van der Waals surface area contributed by atoms with Crippen LogP contribution in [0.15, 0.2) is 23.9 Å². The first kappa shape index (κ1) is 12.8. The SMILES string of the molecule is CCN(CC)C1=CC(C)C(N)(C(=O)O)C=C1. The summed E-state index contributed by atoms with van der Waals surface area (Å²) in [5.74, 6) is -1.18. The Labute approximate surface area is 96.4 Å². The average molecular weight is 224 g/mol. The van der Waals surface area contributed by atoms with Crippen LogP contribution < -0.4 is 5.73 Å². The Bertz CT molecular complexity index is 332. The third kappa shape index (κ3) is 2.11. The summed E-state index contributed by atoms with van der Waals surface area (Å²) in [5.41, 5.74) is 5.63. The molecule has 1 aliphatic rings. The largest absolute Gasteiger partial charge is 0.480 e. The molecule has 0 heterocycles. The van der Waals surface area contributed by atoms with Crippen molar-refractivity contribution in [2.75, 3.05) is 13.1 Å². The van der Waals surface area contributed by atoms with Crippen molar-refractivity contribution in [1.82, 2.24) is 4.90 Å². The molecule has 0 amide bonds. The number of allylic oxidation sites excluding steroid dienone is 1. The van der Waals surface area contributed by atoms with Crippen molar-refractivity contribution in [3.05, 3.63) is 23.9 Å². The second-order valence-electron chi connectivity index (χ2n) is 4.12. The lowest BCUT2D eigenvalue weighted by Gasteiger charge is -2.33. The summed E-state index contributed by atoms with van der Waals surface area (Å²) in [7, 11) is 0. The van der Waals surface area contributed by atoms with E-state index in [0.29, 0.717) is 0 Å². The molecule has 0 aromatic heterocycles. The molecular weight excluding hydrogens is 204 g/mol. The van der Waals surface area contributed by atoms with Gasteiger partial charge in [-0.2, -0.15) is 0 Å². The van der Waals surface area contributed by atoms with Crippen molar-refractivity contribution >= 4 is 5.97 Å². The standard InChI is InChI=1S/C12H20N2O2/c1-4-14(5-2)10-6-7-12(13,11(15)16)9(3)8-10/h6-9H,4-5,13H2,1-3H3,(H,15,16). The van der Waals surface area contributed by atoms with E-state index in [0.717, 1.165) is 18.8 Å². The fraction of sp³-hybridized carbons (Fsp3) is 0.583. The molecule has 2 atom stereocenters. The van der Waals surface area contributed by atoms with Crippen LogP contribution in [0.5, 0.6) is 0 Å². The topological polar surface area (TPSA) is 66.6 Å². The summed E-state index contributed by atoms with van der Waals surface area (Å²) < 4.78 is 0. The van der Waals surface area contributed by atoms with E-state index in [-0.39, 0.29) is 5.92 Å². The van der Waals surface area contributed by atoms with Crippen molar-refractivity contribution in [3.63, 3.8) is 0 Å². The van der Waals surface area contributed by atoms with Gasteiger partial charge in [-0.15, -0.1) is 0 Å². The minimum atomic E-state index is -1.27. The molecule has 4 nitrogen and oxygen atoms in total. The number of likely N-dealkylation sites (N-methyl/N-ethyl adjacent to an activating group) is 1. The van der Waals surface area contributed by atoms with Gasteiger partial charge in [-0.05, 0) is 19.9 Å². The van der Waals surface area contributed by atoms with E-state index in [1.54, 1.807) is 12.2 Å². The van der Waals surface area contributed by atoms with Gasteiger partial charge in [-0.1, -0.05) is 19.1 Å². The summed E-state index contributed by atoms with van der Waals surface area (Å²) in [6.07, 6.45) is 5.33. The van der Waals surface area contributed by atoms with Gasteiger partial charge < -0.3 is 15.7 Å². The highest BCUT2D eigenvalue weighted by atomic mass is 16.4. The van der Waals surface area contributed by atoms with E-state index in [1.165, 1.54) is 0 Å². The van der Waals surface area contributed by atoms with Crippen LogP contribution in [0.4, 0.5) is 0 Å². The molecule has 0 aliphatic heterocycles. The Morgan fingerprint density at radius 2 is 2.12 bits per heavy atom. The first-order chi connectivity index (χ1) is 7.45. The molecule has 0 radical (unpaired) electrons. The average Bonchev–Trinajstić information content (AvgIpc) is 2.24. The maximum absolute atomic E-state index is 11.1. The molecule has 4 heteroatoms. The fourth-order valence-corrected chi connectivity index (χ4v) is 1.89. The van der Waals surface area contributed by atoms with Crippen LogP contribution in [-0.4, -0.2) is 34.6 Å². The van der Waals surface area contributed by atoms with Crippen LogP contribution in [0, 0.1) is 5.92 Å². The third-order valence-electron chi connectivity index (χ3n) is 3.20. The van der Waals surface area contributed by atoms with E-state index in [2.05, 4.69) is 18.7 Å². The van der Waals surface area contributed by atoms with E-state index in [1.807, 2.05) is 13.0 Å². The first-order valence-corrected chi connectivity index (χ1v) is 5.64. The van der Waals surface area contributed by atoms with Gasteiger partial charge in [0, 0.05) is 24.7 Å². The summed E-state index contributed by atoms with van der Waals surface area (Å²) in [4.78, 5) is 13.3. The number of rotatable bonds is 4. The number of carbonyl (C=O) groups is 1. The monoisotopic (exact) mass is 224 g/mol. The van der Waals surface area contributed by atoms with Crippen molar-refractivity contribution in [2.45, 2.75) is 26.3 Å². The van der Waals surface area contributed by atoms with E-state index >= 15 is 0 Å². The maximum Gasteiger partial charge on any atom is 0.328 e. The smallest absolute Gasteiger partial charge is 0.328 e. The van der Waals surface area contributed by atoms with Crippen LogP contribution >= 0.6 is 0 Å². The van der Waals surface area contributed by atoms with Crippen molar-refractivity contribution in [1.29, 1.82) is 0 Å². The molecule has 0 bridgehead atoms. The molecule has 0 fully saturated rings. The highest BCUT2D eigenvalue weighted by Gasteiger charge is 2.38. The molecule has 0 aromatic carbocycles. The summed E-state index contributed by atoms with van der Waals surface area (Å²) in [5, 5.41) is 9.09. The minimum Gasteiger partial charge on any atom is -0.480 e. The number of aliphatic carboxylic acids is 1. The lowest BCUT2D eigenvalue weighted by atomic mass is 9.82. The summed E-state index contributed by atoms with van der Waals surface area (Å²) >= 11 is 0. The fourth-order valence-electron chi connectivity index (χ4n) is 1.89. The molecule has 3 N–H and O–H groups in total. The molecule has 0 aromatic rings. The molecule has 1 aliphatic carbocycles. The van der Waals surface area contributed by atoms with Gasteiger partial charge in [-0.3, -0.25) is 0 Å². The highest BCUT2D eigenvalue weighted by Crippen LogP contribution is 2.26. The van der Waals surface area contributed by atoms with Crippen LogP contribution in [0.25, 0.3) is 0 Å².